The molecule has 0 aliphatic heterocycles. The molecule has 6 nitrogen and oxygen atoms in total. The maximum Gasteiger partial charge on any atom is 0.335 e. The summed E-state index contributed by atoms with van der Waals surface area (Å²) < 4.78 is 34.4. The van der Waals surface area contributed by atoms with Crippen molar-refractivity contribution in [2.75, 3.05) is 0 Å². The van der Waals surface area contributed by atoms with Gasteiger partial charge >= 0.3 is 11.9 Å². The molecule has 0 unspecified atom stereocenters. The summed E-state index contributed by atoms with van der Waals surface area (Å²) >= 11 is 0. The second kappa shape index (κ2) is 17.3. The van der Waals surface area contributed by atoms with Crippen LogP contribution in [0.1, 0.15) is 20.7 Å². The van der Waals surface area contributed by atoms with Crippen molar-refractivity contribution in [2.24, 2.45) is 0 Å². The van der Waals surface area contributed by atoms with E-state index in [2.05, 4.69) is 0 Å². The topological polar surface area (TPSA) is 109 Å². The quantitative estimate of drug-likeness (QED) is 0.125. The smallest absolute Gasteiger partial charge is 0.335 e. The highest BCUT2D eigenvalue weighted by Gasteiger charge is 2.39. The number of carboxylic acids is 2. The second-order valence-electron chi connectivity index (χ2n) is 16.1. The van der Waals surface area contributed by atoms with Gasteiger partial charge in [-0.2, -0.15) is 0 Å². The van der Waals surface area contributed by atoms with Crippen LogP contribution >= 0.6 is 14.3 Å². The molecule has 66 heavy (non-hydrogen) atoms. The molecular formula is C58H40O6P2. The van der Waals surface area contributed by atoms with Crippen molar-refractivity contribution in [1.29, 1.82) is 0 Å². The van der Waals surface area contributed by atoms with Crippen molar-refractivity contribution >= 4 is 79.6 Å². The van der Waals surface area contributed by atoms with Crippen LogP contribution in [0, 0.1) is 0 Å². The van der Waals surface area contributed by atoms with E-state index in [9.17, 15) is 19.8 Å². The SMILES string of the molecule is O=C(O)c1ccc(-c2cc(P(=O)(c3ccccc3)c3ccccc3)c(-c3c(P(=O)(c4ccccc4)c4ccccc4)cc(-c4ccc(C(=O)O)cc4)c4ccccc34)c3ccccc23)cc1. The summed E-state index contributed by atoms with van der Waals surface area (Å²) in [7, 11) is -7.75. The fourth-order valence-corrected chi connectivity index (χ4v) is 15.0. The first-order valence-corrected chi connectivity index (χ1v) is 24.8. The molecule has 0 aromatic heterocycles. The molecule has 0 atom stereocenters. The maximum absolute atomic E-state index is 17.2. The molecule has 0 saturated heterocycles. The fraction of sp³-hybridized carbons (Fsp3) is 0. The van der Waals surface area contributed by atoms with E-state index in [0.29, 0.717) is 43.0 Å². The van der Waals surface area contributed by atoms with Crippen LogP contribution in [-0.4, -0.2) is 22.2 Å². The van der Waals surface area contributed by atoms with E-state index in [1.165, 1.54) is 0 Å². The van der Waals surface area contributed by atoms with Crippen LogP contribution in [0.5, 0.6) is 0 Å². The van der Waals surface area contributed by atoms with Gasteiger partial charge in [-0.15, -0.1) is 0 Å². The first-order valence-electron chi connectivity index (χ1n) is 21.4. The zero-order chi connectivity index (χ0) is 45.4. The number of carboxylic acid groups (broad SMARTS) is 2. The van der Waals surface area contributed by atoms with E-state index in [1.54, 1.807) is 48.5 Å². The molecule has 10 aromatic carbocycles. The van der Waals surface area contributed by atoms with Crippen LogP contribution in [0.15, 0.2) is 231 Å². The van der Waals surface area contributed by atoms with Gasteiger partial charge < -0.3 is 19.3 Å². The Kier molecular flexibility index (Phi) is 11.0. The summed E-state index contributed by atoms with van der Waals surface area (Å²) in [5.41, 5.74) is 4.57. The van der Waals surface area contributed by atoms with Crippen molar-refractivity contribution in [2.45, 2.75) is 0 Å². The third-order valence-corrected chi connectivity index (χ3v) is 18.5. The lowest BCUT2D eigenvalue weighted by molar-refractivity contribution is 0.0686. The number of hydrogen-bond acceptors (Lipinski definition) is 4. The van der Waals surface area contributed by atoms with Gasteiger partial charge in [-0.3, -0.25) is 0 Å². The summed E-state index contributed by atoms with van der Waals surface area (Å²) in [6, 6.07) is 71.3. The molecule has 10 rings (SSSR count). The predicted octanol–water partition coefficient (Wildman–Crippen LogP) is 11.7. The van der Waals surface area contributed by atoms with Gasteiger partial charge in [-0.05, 0) is 80.2 Å². The van der Waals surface area contributed by atoms with Crippen molar-refractivity contribution in [3.63, 3.8) is 0 Å². The molecule has 2 N–H and O–H groups in total. The Bertz CT molecular complexity index is 3230. The number of benzene rings is 10. The minimum Gasteiger partial charge on any atom is -0.478 e. The van der Waals surface area contributed by atoms with Gasteiger partial charge in [-0.1, -0.05) is 194 Å². The lowest BCUT2D eigenvalue weighted by Crippen LogP contribution is -2.30. The molecule has 10 aromatic rings. The van der Waals surface area contributed by atoms with Crippen molar-refractivity contribution in [3.05, 3.63) is 242 Å². The maximum atomic E-state index is 17.2. The van der Waals surface area contributed by atoms with E-state index in [1.807, 2.05) is 182 Å². The molecule has 0 amide bonds. The predicted molar refractivity (Wildman–Crippen MR) is 270 cm³/mol. The minimum absolute atomic E-state index is 0.144. The molecule has 318 valence electrons. The Morgan fingerprint density at radius 1 is 0.318 bits per heavy atom. The van der Waals surface area contributed by atoms with Gasteiger partial charge in [0.15, 0.2) is 14.3 Å². The van der Waals surface area contributed by atoms with Crippen molar-refractivity contribution < 1.29 is 28.9 Å². The van der Waals surface area contributed by atoms with E-state index in [-0.39, 0.29) is 11.1 Å². The number of carbonyl (C=O) groups is 2. The van der Waals surface area contributed by atoms with Crippen LogP contribution in [0.25, 0.3) is 54.9 Å². The molecule has 0 fully saturated rings. The van der Waals surface area contributed by atoms with Gasteiger partial charge in [0.05, 0.1) is 11.1 Å². The van der Waals surface area contributed by atoms with Gasteiger partial charge in [0.2, 0.25) is 0 Å². The largest absolute Gasteiger partial charge is 0.478 e. The monoisotopic (exact) mass is 894 g/mol. The fourth-order valence-electron chi connectivity index (χ4n) is 9.21. The zero-order valence-electron chi connectivity index (χ0n) is 35.4. The molecule has 0 spiro atoms. The standard InChI is InChI=1S/C58H40O6P2/c59-57(60)41-33-29-39(30-34-41)51-37-53(65(63,43-17-5-1-6-18-43)44-19-7-2-8-20-44)55(49-27-15-13-25-47(49)51)56-50-28-16-14-26-48(50)52(40-31-35-42(36-32-40)58(61)62)38-54(56)66(64,45-21-9-3-10-22-45)46-23-11-4-12-24-46/h1-38H,(H,59,60)(H,61,62). The van der Waals surface area contributed by atoms with Crippen LogP contribution in [0.4, 0.5) is 0 Å². The first-order chi connectivity index (χ1) is 32.2. The van der Waals surface area contributed by atoms with Crippen molar-refractivity contribution in [3.8, 4) is 33.4 Å². The van der Waals surface area contributed by atoms with Gasteiger partial charge in [0.25, 0.3) is 0 Å². The molecule has 0 aliphatic carbocycles. The Morgan fingerprint density at radius 2 is 0.576 bits per heavy atom. The lowest BCUT2D eigenvalue weighted by atomic mass is 9.87. The molecule has 0 saturated carbocycles. The van der Waals surface area contributed by atoms with Crippen LogP contribution < -0.4 is 31.8 Å². The minimum atomic E-state index is -3.87. The Balaban J connectivity index is 1.45. The van der Waals surface area contributed by atoms with E-state index < -0.39 is 26.2 Å². The van der Waals surface area contributed by atoms with Crippen LogP contribution in [0.2, 0.25) is 0 Å². The summed E-state index contributed by atoms with van der Waals surface area (Å²) in [5, 5.41) is 26.4. The third kappa shape index (κ3) is 7.18. The average molecular weight is 895 g/mol. The summed E-state index contributed by atoms with van der Waals surface area (Å²) in [5.74, 6) is -2.08. The Morgan fingerprint density at radius 3 is 0.848 bits per heavy atom. The summed E-state index contributed by atoms with van der Waals surface area (Å²) in [6.45, 7) is 0. The van der Waals surface area contributed by atoms with Crippen LogP contribution in [-0.2, 0) is 9.13 Å². The number of aromatic carboxylic acids is 2. The molecule has 0 bridgehead atoms. The number of fused-ring (bicyclic) bond motifs is 2. The Labute approximate surface area is 381 Å². The van der Waals surface area contributed by atoms with E-state index in [0.717, 1.165) is 43.8 Å². The molecule has 0 heterocycles. The summed E-state index contributed by atoms with van der Waals surface area (Å²) in [6.07, 6.45) is 0. The first kappa shape index (κ1) is 42.1. The number of rotatable bonds is 11. The van der Waals surface area contributed by atoms with Gasteiger partial charge in [0.1, 0.15) is 0 Å². The van der Waals surface area contributed by atoms with E-state index in [4.69, 9.17) is 0 Å². The highest BCUT2D eigenvalue weighted by molar-refractivity contribution is 7.86. The molecule has 8 heteroatoms. The lowest BCUT2D eigenvalue weighted by Gasteiger charge is -2.30. The van der Waals surface area contributed by atoms with Gasteiger partial charge in [0, 0.05) is 43.0 Å². The zero-order valence-corrected chi connectivity index (χ0v) is 37.2. The summed E-state index contributed by atoms with van der Waals surface area (Å²) in [4.78, 5) is 24.1. The van der Waals surface area contributed by atoms with Crippen LogP contribution in [0.3, 0.4) is 0 Å². The van der Waals surface area contributed by atoms with E-state index >= 15 is 9.13 Å². The van der Waals surface area contributed by atoms with Crippen molar-refractivity contribution in [1.82, 2.24) is 0 Å². The molecule has 0 aliphatic rings. The molecule has 0 radical (unpaired) electrons. The highest BCUT2D eigenvalue weighted by atomic mass is 31.2. The molecular weight excluding hydrogens is 855 g/mol. The Hall–Kier alpha value is -7.88. The number of hydrogen-bond donors (Lipinski definition) is 2. The highest BCUT2D eigenvalue weighted by Crippen LogP contribution is 2.54. The second-order valence-corrected chi connectivity index (χ2v) is 21.5. The third-order valence-electron chi connectivity index (χ3n) is 12.3. The van der Waals surface area contributed by atoms with Gasteiger partial charge in [-0.25, -0.2) is 9.59 Å². The normalized spacial score (nSPS) is 11.7. The average Bonchev–Trinajstić information content (AvgIpc) is 3.38.